The Hall–Kier alpha value is -3.00. The van der Waals surface area contributed by atoms with Gasteiger partial charge in [-0.2, -0.15) is 0 Å². The van der Waals surface area contributed by atoms with E-state index in [1.807, 2.05) is 0 Å². The van der Waals surface area contributed by atoms with Gasteiger partial charge in [0.25, 0.3) is 11.6 Å². The summed E-state index contributed by atoms with van der Waals surface area (Å²) >= 11 is 3.08. The second kappa shape index (κ2) is 6.14. The average molecular weight is 403 g/mol. The summed E-state index contributed by atoms with van der Waals surface area (Å²) in [4.78, 5) is 35.0. The molecule has 0 aliphatic carbocycles. The SMILES string of the molecule is Cc1c(C(=O)O)c2ccccc2n1C(=O)c1ccc(Br)c([N+](=O)[O-])c1. The highest BCUT2D eigenvalue weighted by Gasteiger charge is 2.24. The van der Waals surface area contributed by atoms with E-state index in [0.29, 0.717) is 10.9 Å². The summed E-state index contributed by atoms with van der Waals surface area (Å²) in [6, 6.07) is 10.7. The van der Waals surface area contributed by atoms with Crippen molar-refractivity contribution < 1.29 is 19.6 Å². The predicted octanol–water partition coefficient (Wildman–Crippen LogP) is 4.01. The van der Waals surface area contributed by atoms with Crippen LogP contribution in [0.15, 0.2) is 46.9 Å². The van der Waals surface area contributed by atoms with E-state index in [0.717, 1.165) is 0 Å². The number of carbonyl (C=O) groups excluding carboxylic acids is 1. The number of benzene rings is 2. The highest BCUT2D eigenvalue weighted by atomic mass is 79.9. The van der Waals surface area contributed by atoms with E-state index in [1.54, 1.807) is 24.3 Å². The van der Waals surface area contributed by atoms with Crippen molar-refractivity contribution in [2.45, 2.75) is 6.92 Å². The van der Waals surface area contributed by atoms with Gasteiger partial charge in [0.15, 0.2) is 0 Å². The van der Waals surface area contributed by atoms with Crippen LogP contribution >= 0.6 is 15.9 Å². The molecule has 25 heavy (non-hydrogen) atoms. The van der Waals surface area contributed by atoms with Gasteiger partial charge in [-0.25, -0.2) is 4.79 Å². The maximum atomic E-state index is 12.9. The van der Waals surface area contributed by atoms with Crippen molar-refractivity contribution in [1.82, 2.24) is 4.57 Å². The minimum absolute atomic E-state index is 0.0376. The number of hydrogen-bond donors (Lipinski definition) is 1. The molecule has 3 aromatic rings. The predicted molar refractivity (Wildman–Crippen MR) is 94.2 cm³/mol. The fourth-order valence-electron chi connectivity index (χ4n) is 2.81. The number of halogens is 1. The Morgan fingerprint density at radius 1 is 1.20 bits per heavy atom. The number of hydrogen-bond acceptors (Lipinski definition) is 4. The number of aromatic carboxylic acids is 1. The minimum Gasteiger partial charge on any atom is -0.478 e. The summed E-state index contributed by atoms with van der Waals surface area (Å²) < 4.78 is 1.53. The first-order valence-corrected chi connectivity index (χ1v) is 7.94. The molecule has 0 unspecified atom stereocenters. The number of nitro benzene ring substituents is 1. The third-order valence-electron chi connectivity index (χ3n) is 3.92. The van der Waals surface area contributed by atoms with Crippen molar-refractivity contribution in [2.24, 2.45) is 0 Å². The van der Waals surface area contributed by atoms with E-state index < -0.39 is 16.8 Å². The third-order valence-corrected chi connectivity index (χ3v) is 4.59. The summed E-state index contributed by atoms with van der Waals surface area (Å²) in [5.41, 5.74) is 0.599. The molecule has 0 atom stereocenters. The Morgan fingerprint density at radius 3 is 2.52 bits per heavy atom. The molecule has 0 fully saturated rings. The molecule has 0 radical (unpaired) electrons. The van der Waals surface area contributed by atoms with Crippen LogP contribution in [-0.2, 0) is 0 Å². The van der Waals surface area contributed by atoms with E-state index in [1.165, 1.54) is 29.7 Å². The van der Waals surface area contributed by atoms with Gasteiger partial charge in [-0.3, -0.25) is 19.5 Å². The molecule has 1 heterocycles. The topological polar surface area (TPSA) is 102 Å². The van der Waals surface area contributed by atoms with Crippen molar-refractivity contribution >= 4 is 44.4 Å². The molecule has 0 aliphatic heterocycles. The van der Waals surface area contributed by atoms with E-state index in [9.17, 15) is 24.8 Å². The highest BCUT2D eigenvalue weighted by Crippen LogP contribution is 2.29. The largest absolute Gasteiger partial charge is 0.478 e. The van der Waals surface area contributed by atoms with Crippen LogP contribution in [0.25, 0.3) is 10.9 Å². The van der Waals surface area contributed by atoms with Crippen LogP contribution in [0.5, 0.6) is 0 Å². The van der Waals surface area contributed by atoms with Crippen molar-refractivity contribution in [1.29, 1.82) is 0 Å². The van der Waals surface area contributed by atoms with Crippen molar-refractivity contribution in [3.8, 4) is 0 Å². The van der Waals surface area contributed by atoms with Crippen LogP contribution in [0.3, 0.4) is 0 Å². The lowest BCUT2D eigenvalue weighted by atomic mass is 10.1. The Bertz CT molecular complexity index is 1050. The number of carbonyl (C=O) groups is 2. The highest BCUT2D eigenvalue weighted by molar-refractivity contribution is 9.10. The molecule has 7 nitrogen and oxygen atoms in total. The first-order chi connectivity index (χ1) is 11.8. The quantitative estimate of drug-likeness (QED) is 0.526. The number of aromatic nitrogens is 1. The zero-order valence-electron chi connectivity index (χ0n) is 12.9. The normalized spacial score (nSPS) is 10.8. The van der Waals surface area contributed by atoms with E-state index >= 15 is 0 Å². The summed E-state index contributed by atoms with van der Waals surface area (Å²) in [6.45, 7) is 1.54. The lowest BCUT2D eigenvalue weighted by molar-refractivity contribution is -0.385. The van der Waals surface area contributed by atoms with Crippen LogP contribution < -0.4 is 0 Å². The Kier molecular flexibility index (Phi) is 4.13. The van der Waals surface area contributed by atoms with Gasteiger partial charge in [0.05, 0.1) is 20.5 Å². The van der Waals surface area contributed by atoms with E-state index in [-0.39, 0.29) is 27.0 Å². The van der Waals surface area contributed by atoms with Crippen LogP contribution in [0.1, 0.15) is 26.4 Å². The van der Waals surface area contributed by atoms with Crippen LogP contribution in [0.4, 0.5) is 5.69 Å². The summed E-state index contributed by atoms with van der Waals surface area (Å²) in [6.07, 6.45) is 0. The summed E-state index contributed by atoms with van der Waals surface area (Å²) in [5, 5.41) is 21.0. The zero-order chi connectivity index (χ0) is 18.3. The van der Waals surface area contributed by atoms with Gasteiger partial charge in [0.1, 0.15) is 0 Å². The fraction of sp³-hybridized carbons (Fsp3) is 0.0588. The number of carboxylic acid groups (broad SMARTS) is 1. The molecule has 2 aromatic carbocycles. The second-order valence-corrected chi connectivity index (χ2v) is 6.20. The van der Waals surface area contributed by atoms with Gasteiger partial charge in [-0.15, -0.1) is 0 Å². The molecule has 0 bridgehead atoms. The number of para-hydroxylation sites is 1. The molecule has 0 amide bonds. The maximum Gasteiger partial charge on any atom is 0.338 e. The molecule has 0 aliphatic rings. The minimum atomic E-state index is -1.14. The molecule has 0 saturated heterocycles. The van der Waals surface area contributed by atoms with Gasteiger partial charge in [-0.05, 0) is 41.1 Å². The molecule has 0 saturated carbocycles. The van der Waals surface area contributed by atoms with Crippen molar-refractivity contribution in [3.63, 3.8) is 0 Å². The van der Waals surface area contributed by atoms with Crippen LogP contribution in [-0.4, -0.2) is 26.5 Å². The molecule has 3 rings (SSSR count). The first-order valence-electron chi connectivity index (χ1n) is 7.15. The van der Waals surface area contributed by atoms with Gasteiger partial charge >= 0.3 is 5.97 Å². The molecule has 8 heteroatoms. The number of nitro groups is 1. The lowest BCUT2D eigenvalue weighted by Crippen LogP contribution is -2.14. The number of rotatable bonds is 3. The molecule has 1 aromatic heterocycles. The molecule has 1 N–H and O–H groups in total. The lowest BCUT2D eigenvalue weighted by Gasteiger charge is -2.07. The van der Waals surface area contributed by atoms with Crippen LogP contribution in [0.2, 0.25) is 0 Å². The Labute approximate surface area is 149 Å². The molecule has 126 valence electrons. The van der Waals surface area contributed by atoms with Crippen molar-refractivity contribution in [3.05, 3.63) is 73.9 Å². The van der Waals surface area contributed by atoms with E-state index in [2.05, 4.69) is 15.9 Å². The van der Waals surface area contributed by atoms with Crippen LogP contribution in [0, 0.1) is 17.0 Å². The maximum absolute atomic E-state index is 12.9. The number of nitrogens with zero attached hydrogens (tertiary/aromatic N) is 2. The fourth-order valence-corrected chi connectivity index (χ4v) is 3.21. The smallest absolute Gasteiger partial charge is 0.338 e. The Morgan fingerprint density at radius 2 is 1.88 bits per heavy atom. The van der Waals surface area contributed by atoms with E-state index in [4.69, 9.17) is 0 Å². The second-order valence-electron chi connectivity index (χ2n) is 5.35. The number of fused-ring (bicyclic) bond motifs is 1. The van der Waals surface area contributed by atoms with Gasteiger partial charge in [0, 0.05) is 22.7 Å². The molecular formula is C17H11BrN2O5. The van der Waals surface area contributed by atoms with Gasteiger partial charge in [0.2, 0.25) is 0 Å². The molecular weight excluding hydrogens is 392 g/mol. The summed E-state index contributed by atoms with van der Waals surface area (Å²) in [7, 11) is 0. The first kappa shape index (κ1) is 16.8. The zero-order valence-corrected chi connectivity index (χ0v) is 14.5. The monoisotopic (exact) mass is 402 g/mol. The Balaban J connectivity index is 2.25. The van der Waals surface area contributed by atoms with Gasteiger partial charge < -0.3 is 5.11 Å². The van der Waals surface area contributed by atoms with Crippen molar-refractivity contribution in [2.75, 3.05) is 0 Å². The summed E-state index contributed by atoms with van der Waals surface area (Å²) in [5.74, 6) is -1.67. The standard InChI is InChI=1S/C17H11BrN2O5/c1-9-15(17(22)23)11-4-2-3-5-13(11)19(9)16(21)10-6-7-12(18)14(8-10)20(24)25/h2-8H,1H3,(H,22,23). The molecule has 0 spiro atoms. The van der Waals surface area contributed by atoms with Gasteiger partial charge in [-0.1, -0.05) is 18.2 Å². The third kappa shape index (κ3) is 2.70. The average Bonchev–Trinajstić information content (AvgIpc) is 2.86. The number of carboxylic acids is 1.